The Balaban J connectivity index is 1.74. The number of carbonyl (C=O) groups excluding carboxylic acids is 1. The van der Waals surface area contributed by atoms with Gasteiger partial charge in [-0.25, -0.2) is 9.50 Å². The fourth-order valence-electron chi connectivity index (χ4n) is 3.32. The van der Waals surface area contributed by atoms with Crippen LogP contribution in [-0.2, 0) is 0 Å². The lowest BCUT2D eigenvalue weighted by molar-refractivity contribution is -0.158. The van der Waals surface area contributed by atoms with Crippen molar-refractivity contribution in [2.45, 2.75) is 38.9 Å². The smallest absolute Gasteiger partial charge is 0.408 e. The summed E-state index contributed by atoms with van der Waals surface area (Å²) in [4.78, 5) is 17.0. The van der Waals surface area contributed by atoms with Crippen LogP contribution in [0, 0.1) is 31.1 Å². The van der Waals surface area contributed by atoms with Crippen molar-refractivity contribution in [3.8, 4) is 17.3 Å². The number of alkyl halides is 3. The molecule has 0 bridgehead atoms. The van der Waals surface area contributed by atoms with E-state index in [1.165, 1.54) is 16.8 Å². The van der Waals surface area contributed by atoms with E-state index in [0.717, 1.165) is 0 Å². The number of rotatable bonds is 4. The summed E-state index contributed by atoms with van der Waals surface area (Å²) in [6.07, 6.45) is -2.45. The van der Waals surface area contributed by atoms with Crippen molar-refractivity contribution in [3.63, 3.8) is 0 Å². The maximum Gasteiger partial charge on any atom is 0.408 e. The molecule has 1 saturated carbocycles. The minimum Gasteiger partial charge on any atom is -0.450 e. The van der Waals surface area contributed by atoms with Gasteiger partial charge in [0, 0.05) is 17.3 Å². The number of furan rings is 1. The summed E-state index contributed by atoms with van der Waals surface area (Å²) in [5.74, 6) is -0.890. The van der Waals surface area contributed by atoms with Gasteiger partial charge in [-0.05, 0) is 38.7 Å². The molecule has 0 aromatic carbocycles. The molecule has 150 valence electrons. The van der Waals surface area contributed by atoms with Gasteiger partial charge in [0.25, 0.3) is 5.91 Å². The fourth-order valence-corrected chi connectivity index (χ4v) is 3.32. The van der Waals surface area contributed by atoms with Crippen LogP contribution in [0.5, 0.6) is 0 Å². The van der Waals surface area contributed by atoms with Crippen LogP contribution in [0.1, 0.15) is 40.4 Å². The van der Waals surface area contributed by atoms with Crippen LogP contribution in [-0.4, -0.2) is 32.7 Å². The van der Waals surface area contributed by atoms with Crippen LogP contribution < -0.4 is 5.32 Å². The molecule has 3 aromatic rings. The largest absolute Gasteiger partial charge is 0.450 e. The third-order valence-electron chi connectivity index (χ3n) is 4.93. The van der Waals surface area contributed by atoms with Gasteiger partial charge in [0.1, 0.15) is 23.4 Å². The van der Waals surface area contributed by atoms with E-state index < -0.39 is 24.0 Å². The predicted octanol–water partition coefficient (Wildman–Crippen LogP) is 3.55. The van der Waals surface area contributed by atoms with Crippen molar-refractivity contribution in [2.24, 2.45) is 5.92 Å². The Morgan fingerprint density at radius 1 is 1.38 bits per heavy atom. The Hall–Kier alpha value is -3.35. The number of fused-ring (bicyclic) bond motifs is 1. The lowest BCUT2D eigenvalue weighted by Crippen LogP contribution is -2.46. The third-order valence-corrected chi connectivity index (χ3v) is 4.93. The number of nitrogens with zero attached hydrogens (tertiary/aromatic N) is 4. The molecule has 29 heavy (non-hydrogen) atoms. The van der Waals surface area contributed by atoms with Crippen molar-refractivity contribution in [1.29, 1.82) is 5.26 Å². The van der Waals surface area contributed by atoms with Gasteiger partial charge in [0.2, 0.25) is 5.76 Å². The molecule has 1 amide bonds. The van der Waals surface area contributed by atoms with E-state index in [1.807, 2.05) is 6.07 Å². The standard InChI is InChI=1S/C19H16F3N5O2/c1-9-5-15(13-6-12(7-23)29-10(13)2)25-17-14(8-24-27(9)17)18(28)26-16(11-3-4-11)19(20,21)22/h5-6,8,11,16H,3-4H2,1-2H3,(H,26,28). The topological polar surface area (TPSA) is 96.2 Å². The molecule has 1 atom stereocenters. The SMILES string of the molecule is Cc1oc(C#N)cc1-c1cc(C)n2ncc(C(=O)NC(C3CC3)C(F)(F)F)c2n1. The Bertz CT molecular complexity index is 1150. The average Bonchev–Trinajstić information content (AvgIpc) is 3.27. The summed E-state index contributed by atoms with van der Waals surface area (Å²) in [5.41, 5.74) is 1.70. The molecular weight excluding hydrogens is 387 g/mol. The Morgan fingerprint density at radius 3 is 2.69 bits per heavy atom. The maximum atomic E-state index is 13.3. The zero-order valence-electron chi connectivity index (χ0n) is 15.5. The zero-order chi connectivity index (χ0) is 20.9. The van der Waals surface area contributed by atoms with Crippen LogP contribution in [0.15, 0.2) is 22.7 Å². The molecule has 0 spiro atoms. The molecule has 0 aliphatic heterocycles. The highest BCUT2D eigenvalue weighted by Gasteiger charge is 2.49. The van der Waals surface area contributed by atoms with Gasteiger partial charge in [-0.1, -0.05) is 0 Å². The summed E-state index contributed by atoms with van der Waals surface area (Å²) in [5, 5.41) is 15.2. The van der Waals surface area contributed by atoms with E-state index in [4.69, 9.17) is 9.68 Å². The number of halogens is 3. The first-order valence-corrected chi connectivity index (χ1v) is 8.93. The zero-order valence-corrected chi connectivity index (χ0v) is 15.5. The van der Waals surface area contributed by atoms with E-state index in [2.05, 4.69) is 15.4 Å². The van der Waals surface area contributed by atoms with E-state index >= 15 is 0 Å². The van der Waals surface area contributed by atoms with Gasteiger partial charge in [0.05, 0.1) is 11.9 Å². The molecule has 0 saturated heterocycles. The molecule has 3 heterocycles. The Kier molecular flexibility index (Phi) is 4.33. The van der Waals surface area contributed by atoms with Crippen molar-refractivity contribution >= 4 is 11.6 Å². The number of aryl methyl sites for hydroxylation is 2. The van der Waals surface area contributed by atoms with Gasteiger partial charge in [-0.15, -0.1) is 0 Å². The van der Waals surface area contributed by atoms with Gasteiger partial charge >= 0.3 is 6.18 Å². The van der Waals surface area contributed by atoms with Gasteiger partial charge in [-0.2, -0.15) is 23.5 Å². The van der Waals surface area contributed by atoms with E-state index in [0.29, 0.717) is 35.6 Å². The summed E-state index contributed by atoms with van der Waals surface area (Å²) in [7, 11) is 0. The number of hydrogen-bond donors (Lipinski definition) is 1. The minimum atomic E-state index is -4.52. The molecule has 0 radical (unpaired) electrons. The number of aromatic nitrogens is 3. The molecule has 1 aliphatic rings. The maximum absolute atomic E-state index is 13.3. The monoisotopic (exact) mass is 403 g/mol. The van der Waals surface area contributed by atoms with Crippen LogP contribution in [0.3, 0.4) is 0 Å². The molecular formula is C19H16F3N5O2. The first kappa shape index (κ1) is 19.0. The quantitative estimate of drug-likeness (QED) is 0.719. The normalized spacial score (nSPS) is 15.3. The lowest BCUT2D eigenvalue weighted by atomic mass is 10.1. The molecule has 1 aliphatic carbocycles. The number of nitriles is 1. The van der Waals surface area contributed by atoms with Gasteiger partial charge in [0.15, 0.2) is 5.65 Å². The fraction of sp³-hybridized carbons (Fsp3) is 0.368. The van der Waals surface area contributed by atoms with Crippen molar-refractivity contribution in [3.05, 3.63) is 41.1 Å². The molecule has 10 heteroatoms. The van der Waals surface area contributed by atoms with Crippen LogP contribution in [0.2, 0.25) is 0 Å². The number of amides is 1. The average molecular weight is 403 g/mol. The highest BCUT2D eigenvalue weighted by atomic mass is 19.4. The lowest BCUT2D eigenvalue weighted by Gasteiger charge is -2.20. The summed E-state index contributed by atoms with van der Waals surface area (Å²) >= 11 is 0. The second kappa shape index (κ2) is 6.62. The third kappa shape index (κ3) is 3.44. The minimum absolute atomic E-state index is 0.0495. The molecule has 4 rings (SSSR count). The van der Waals surface area contributed by atoms with Crippen LogP contribution in [0.4, 0.5) is 13.2 Å². The molecule has 1 fully saturated rings. The summed E-state index contributed by atoms with van der Waals surface area (Å²) in [6.45, 7) is 3.40. The number of carbonyl (C=O) groups is 1. The van der Waals surface area contributed by atoms with E-state index in [9.17, 15) is 18.0 Å². The van der Waals surface area contributed by atoms with Crippen LogP contribution in [0.25, 0.3) is 16.9 Å². The van der Waals surface area contributed by atoms with Crippen LogP contribution >= 0.6 is 0 Å². The first-order valence-electron chi connectivity index (χ1n) is 8.93. The van der Waals surface area contributed by atoms with Gasteiger partial charge < -0.3 is 9.73 Å². The second-order valence-corrected chi connectivity index (χ2v) is 7.10. The molecule has 7 nitrogen and oxygen atoms in total. The van der Waals surface area contributed by atoms with Crippen molar-refractivity contribution in [1.82, 2.24) is 19.9 Å². The molecule has 1 N–H and O–H groups in total. The summed E-state index contributed by atoms with van der Waals surface area (Å²) < 4.78 is 46.5. The highest BCUT2D eigenvalue weighted by Crippen LogP contribution is 2.40. The Morgan fingerprint density at radius 2 is 2.10 bits per heavy atom. The number of hydrogen-bond acceptors (Lipinski definition) is 5. The molecule has 1 unspecified atom stereocenters. The summed E-state index contributed by atoms with van der Waals surface area (Å²) in [6, 6.07) is 3.24. The Labute approximate surface area is 163 Å². The number of nitrogens with one attached hydrogen (secondary N) is 1. The van der Waals surface area contributed by atoms with Gasteiger partial charge in [-0.3, -0.25) is 4.79 Å². The van der Waals surface area contributed by atoms with E-state index in [-0.39, 0.29) is 17.0 Å². The highest BCUT2D eigenvalue weighted by molar-refractivity contribution is 6.00. The van der Waals surface area contributed by atoms with Crippen molar-refractivity contribution in [2.75, 3.05) is 0 Å². The predicted molar refractivity (Wildman–Crippen MR) is 94.9 cm³/mol. The second-order valence-electron chi connectivity index (χ2n) is 7.10. The first-order chi connectivity index (χ1) is 13.7. The van der Waals surface area contributed by atoms with E-state index in [1.54, 1.807) is 19.9 Å². The van der Waals surface area contributed by atoms with Crippen molar-refractivity contribution < 1.29 is 22.4 Å². The molecule has 3 aromatic heterocycles.